The average Bonchev–Trinajstić information content (AvgIpc) is 3.02. The van der Waals surface area contributed by atoms with Crippen molar-refractivity contribution in [1.82, 2.24) is 5.32 Å². The summed E-state index contributed by atoms with van der Waals surface area (Å²) in [7, 11) is 0. The fourth-order valence-electron chi connectivity index (χ4n) is 2.01. The maximum Gasteiger partial charge on any atom is 0.312 e. The van der Waals surface area contributed by atoms with E-state index >= 15 is 0 Å². The summed E-state index contributed by atoms with van der Waals surface area (Å²) in [6, 6.07) is 5.12. The van der Waals surface area contributed by atoms with Gasteiger partial charge in [0.1, 0.15) is 0 Å². The van der Waals surface area contributed by atoms with Gasteiger partial charge in [-0.15, -0.1) is 11.3 Å². The van der Waals surface area contributed by atoms with Crippen LogP contribution in [0.2, 0.25) is 0 Å². The third-order valence-corrected chi connectivity index (χ3v) is 4.01. The largest absolute Gasteiger partial charge is 0.352 e. The number of nitrogens with zero attached hydrogens (tertiary/aromatic N) is 1. The van der Waals surface area contributed by atoms with Gasteiger partial charge >= 0.3 is 11.7 Å². The van der Waals surface area contributed by atoms with E-state index in [-0.39, 0.29) is 12.1 Å². The number of carbonyl (C=O) groups excluding carboxylic acids is 2. The van der Waals surface area contributed by atoms with Crippen molar-refractivity contribution in [3.05, 3.63) is 56.5 Å². The fraction of sp³-hybridized carbons (Fsp3) is 0.143. The van der Waals surface area contributed by atoms with Gasteiger partial charge in [-0.05, 0) is 23.6 Å². The van der Waals surface area contributed by atoms with Crippen molar-refractivity contribution in [2.24, 2.45) is 5.73 Å². The van der Waals surface area contributed by atoms with Crippen LogP contribution in [0.1, 0.15) is 17.3 Å². The predicted molar refractivity (Wildman–Crippen MR) is 86.1 cm³/mol. The molecule has 126 valence electrons. The highest BCUT2D eigenvalue weighted by Crippen LogP contribution is 2.24. The van der Waals surface area contributed by atoms with Gasteiger partial charge in [-0.3, -0.25) is 14.9 Å². The van der Waals surface area contributed by atoms with Crippen LogP contribution in [0.25, 0.3) is 0 Å². The summed E-state index contributed by atoms with van der Waals surface area (Å²) in [5.41, 5.74) is 4.45. The zero-order valence-electron chi connectivity index (χ0n) is 12.2. The lowest BCUT2D eigenvalue weighted by Gasteiger charge is -2.15. The number of amides is 3. The first-order valence-electron chi connectivity index (χ1n) is 6.70. The number of rotatable bonds is 6. The molecular weight excluding hydrogens is 339 g/mol. The number of nitro benzene ring substituents is 1. The molecule has 1 atom stereocenters. The van der Waals surface area contributed by atoms with E-state index in [1.807, 2.05) is 0 Å². The summed E-state index contributed by atoms with van der Waals surface area (Å²) in [6.07, 6.45) is -0.130. The zero-order valence-corrected chi connectivity index (χ0v) is 13.0. The highest BCUT2D eigenvalue weighted by molar-refractivity contribution is 7.10. The Morgan fingerprint density at radius 1 is 1.38 bits per heavy atom. The second-order valence-electron chi connectivity index (χ2n) is 4.75. The molecule has 0 spiro atoms. The number of nitro groups is 1. The number of carbonyl (C=O) groups is 2. The third-order valence-electron chi connectivity index (χ3n) is 3.02. The Balaban J connectivity index is 2.10. The van der Waals surface area contributed by atoms with Gasteiger partial charge in [-0.1, -0.05) is 6.07 Å². The first-order chi connectivity index (χ1) is 11.4. The van der Waals surface area contributed by atoms with Gasteiger partial charge < -0.3 is 16.4 Å². The van der Waals surface area contributed by atoms with E-state index < -0.39 is 34.4 Å². The predicted octanol–water partition coefficient (Wildman–Crippen LogP) is 2.53. The summed E-state index contributed by atoms with van der Waals surface area (Å²) in [4.78, 5) is 33.7. The Labute approximate surface area is 139 Å². The van der Waals surface area contributed by atoms with E-state index in [2.05, 4.69) is 10.6 Å². The number of nitrogens with two attached hydrogens (primary N) is 1. The topological polar surface area (TPSA) is 127 Å². The minimum absolute atomic E-state index is 0.0807. The molecule has 0 aliphatic carbocycles. The number of anilines is 1. The minimum Gasteiger partial charge on any atom is -0.352 e. The normalized spacial score (nSPS) is 11.5. The molecule has 4 N–H and O–H groups in total. The molecule has 24 heavy (non-hydrogen) atoms. The molecule has 0 radical (unpaired) electrons. The molecule has 8 nitrogen and oxygen atoms in total. The van der Waals surface area contributed by atoms with Crippen LogP contribution < -0.4 is 16.4 Å². The van der Waals surface area contributed by atoms with Gasteiger partial charge in [-0.2, -0.15) is 4.39 Å². The smallest absolute Gasteiger partial charge is 0.312 e. The van der Waals surface area contributed by atoms with Crippen LogP contribution in [0, 0.1) is 15.9 Å². The van der Waals surface area contributed by atoms with Crippen molar-refractivity contribution in [2.45, 2.75) is 12.5 Å². The van der Waals surface area contributed by atoms with E-state index in [1.165, 1.54) is 17.4 Å². The molecule has 1 aromatic carbocycles. The first-order valence-corrected chi connectivity index (χ1v) is 7.58. The maximum atomic E-state index is 13.3. The number of thiophene rings is 1. The van der Waals surface area contributed by atoms with Crippen LogP contribution in [0.15, 0.2) is 35.7 Å². The van der Waals surface area contributed by atoms with Gasteiger partial charge in [0, 0.05) is 16.6 Å². The molecule has 1 unspecified atom stereocenters. The van der Waals surface area contributed by atoms with Crippen LogP contribution >= 0.6 is 11.3 Å². The van der Waals surface area contributed by atoms with Crippen LogP contribution in [0.3, 0.4) is 0 Å². The van der Waals surface area contributed by atoms with E-state index in [0.717, 1.165) is 17.0 Å². The molecule has 0 fully saturated rings. The monoisotopic (exact) mass is 352 g/mol. The summed E-state index contributed by atoms with van der Waals surface area (Å²) < 4.78 is 13.3. The van der Waals surface area contributed by atoms with Crippen molar-refractivity contribution in [3.63, 3.8) is 0 Å². The molecule has 0 aliphatic heterocycles. The van der Waals surface area contributed by atoms with E-state index in [0.29, 0.717) is 0 Å². The van der Waals surface area contributed by atoms with Crippen molar-refractivity contribution < 1.29 is 18.9 Å². The van der Waals surface area contributed by atoms with Gasteiger partial charge in [0.25, 0.3) is 0 Å². The number of hydrogen-bond donors (Lipinski definition) is 3. The quantitative estimate of drug-likeness (QED) is 0.545. The molecular formula is C14H13FN4O4S. The van der Waals surface area contributed by atoms with E-state index in [9.17, 15) is 24.1 Å². The average molecular weight is 352 g/mol. The van der Waals surface area contributed by atoms with Gasteiger partial charge in [0.2, 0.25) is 11.7 Å². The SMILES string of the molecule is NC(=O)NC(CC(=O)Nc1ccc(F)c([N+](=O)[O-])c1)c1cccs1. The molecule has 0 bridgehead atoms. The van der Waals surface area contributed by atoms with Gasteiger partial charge in [0.15, 0.2) is 0 Å². The molecule has 0 saturated carbocycles. The van der Waals surface area contributed by atoms with Crippen LogP contribution in [0.4, 0.5) is 20.6 Å². The standard InChI is InChI=1S/C14H13FN4O4S/c15-9-4-3-8(6-11(9)19(22)23)17-13(20)7-10(18-14(16)21)12-2-1-5-24-12/h1-6,10H,7H2,(H,17,20)(H3,16,18,21). The molecule has 1 aromatic heterocycles. The first kappa shape index (κ1) is 17.3. The Hall–Kier alpha value is -3.01. The summed E-state index contributed by atoms with van der Waals surface area (Å²) >= 11 is 1.34. The lowest BCUT2D eigenvalue weighted by molar-refractivity contribution is -0.387. The maximum absolute atomic E-state index is 13.3. The minimum atomic E-state index is -0.996. The Morgan fingerprint density at radius 3 is 2.71 bits per heavy atom. The Morgan fingerprint density at radius 2 is 2.12 bits per heavy atom. The Bertz CT molecular complexity index is 766. The lowest BCUT2D eigenvalue weighted by atomic mass is 10.1. The van der Waals surface area contributed by atoms with Crippen molar-refractivity contribution in [3.8, 4) is 0 Å². The van der Waals surface area contributed by atoms with E-state index in [4.69, 9.17) is 5.73 Å². The fourth-order valence-corrected chi connectivity index (χ4v) is 2.79. The molecule has 1 heterocycles. The number of urea groups is 1. The number of primary amides is 1. The molecule has 10 heteroatoms. The van der Waals surface area contributed by atoms with Crippen molar-refractivity contribution >= 4 is 34.6 Å². The van der Waals surface area contributed by atoms with Crippen molar-refractivity contribution in [2.75, 3.05) is 5.32 Å². The molecule has 2 aromatic rings. The molecule has 0 saturated heterocycles. The second kappa shape index (κ2) is 7.51. The summed E-state index contributed by atoms with van der Waals surface area (Å²) in [5, 5.41) is 17.4. The molecule has 3 amide bonds. The Kier molecular flexibility index (Phi) is 5.42. The summed E-state index contributed by atoms with van der Waals surface area (Å²) in [6.45, 7) is 0. The van der Waals surface area contributed by atoms with Gasteiger partial charge in [0.05, 0.1) is 17.4 Å². The third kappa shape index (κ3) is 4.49. The number of nitrogens with one attached hydrogen (secondary N) is 2. The van der Waals surface area contributed by atoms with Crippen LogP contribution in [-0.2, 0) is 4.79 Å². The number of benzene rings is 1. The van der Waals surface area contributed by atoms with E-state index in [1.54, 1.807) is 17.5 Å². The van der Waals surface area contributed by atoms with Crippen molar-refractivity contribution in [1.29, 1.82) is 0 Å². The molecule has 0 aliphatic rings. The molecule has 2 rings (SSSR count). The summed E-state index contributed by atoms with van der Waals surface area (Å²) in [5.74, 6) is -1.51. The highest BCUT2D eigenvalue weighted by atomic mass is 32.1. The van der Waals surface area contributed by atoms with Crippen LogP contribution in [-0.4, -0.2) is 16.9 Å². The van der Waals surface area contributed by atoms with Crippen LogP contribution in [0.5, 0.6) is 0 Å². The second-order valence-corrected chi connectivity index (χ2v) is 5.73. The highest BCUT2D eigenvalue weighted by Gasteiger charge is 2.20. The number of halogens is 1. The lowest BCUT2D eigenvalue weighted by Crippen LogP contribution is -2.34. The zero-order chi connectivity index (χ0) is 17.7. The number of hydrogen-bond acceptors (Lipinski definition) is 5. The van der Waals surface area contributed by atoms with Gasteiger partial charge in [-0.25, -0.2) is 4.79 Å².